The van der Waals surface area contributed by atoms with Gasteiger partial charge in [-0.2, -0.15) is 0 Å². The SMILES string of the molecule is COc1cc(C=Nc2cc(Cl)c(N=CN(C)C)c(Cl)c2)cc(OC)c1OC. The summed E-state index contributed by atoms with van der Waals surface area (Å²) in [5, 5.41) is 0.829. The zero-order valence-electron chi connectivity index (χ0n) is 15.8. The molecule has 6 nitrogen and oxygen atoms in total. The van der Waals surface area contributed by atoms with E-state index in [1.54, 1.807) is 63.0 Å². The number of rotatable bonds is 7. The van der Waals surface area contributed by atoms with Crippen LogP contribution in [0.15, 0.2) is 34.3 Å². The molecule has 144 valence electrons. The molecule has 0 aliphatic carbocycles. The molecule has 0 saturated heterocycles. The lowest BCUT2D eigenvalue weighted by atomic mass is 10.2. The van der Waals surface area contributed by atoms with Crippen LogP contribution in [0.5, 0.6) is 17.2 Å². The molecule has 0 spiro atoms. The number of hydrogen-bond donors (Lipinski definition) is 0. The van der Waals surface area contributed by atoms with Crippen LogP contribution < -0.4 is 14.2 Å². The minimum absolute atomic E-state index is 0.414. The maximum absolute atomic E-state index is 6.29. The van der Waals surface area contributed by atoms with Gasteiger partial charge in [0, 0.05) is 25.9 Å². The summed E-state index contributed by atoms with van der Waals surface area (Å²) in [5.74, 6) is 1.61. The number of ether oxygens (including phenoxy) is 3. The molecular formula is C19H21Cl2N3O3. The third kappa shape index (κ3) is 5.28. The first-order valence-corrected chi connectivity index (χ1v) is 8.69. The number of aliphatic imine (C=N–C) groups is 2. The second kappa shape index (κ2) is 9.48. The number of hydrogen-bond acceptors (Lipinski definition) is 5. The monoisotopic (exact) mass is 409 g/mol. The molecule has 27 heavy (non-hydrogen) atoms. The number of methoxy groups -OCH3 is 3. The minimum atomic E-state index is 0.414. The highest BCUT2D eigenvalue weighted by atomic mass is 35.5. The van der Waals surface area contributed by atoms with Crippen LogP contribution in [-0.4, -0.2) is 52.9 Å². The summed E-state index contributed by atoms with van der Waals surface area (Å²) >= 11 is 12.6. The summed E-state index contributed by atoms with van der Waals surface area (Å²) in [5.41, 5.74) is 1.87. The summed E-state index contributed by atoms with van der Waals surface area (Å²) < 4.78 is 16.0. The van der Waals surface area contributed by atoms with E-state index in [4.69, 9.17) is 37.4 Å². The molecule has 0 unspecified atom stereocenters. The van der Waals surface area contributed by atoms with Gasteiger partial charge < -0.3 is 19.1 Å². The van der Waals surface area contributed by atoms with Crippen LogP contribution in [0.3, 0.4) is 0 Å². The Kier molecular flexibility index (Phi) is 7.33. The smallest absolute Gasteiger partial charge is 0.203 e. The molecule has 0 aliphatic rings. The quantitative estimate of drug-likeness (QED) is 0.477. The van der Waals surface area contributed by atoms with Gasteiger partial charge in [-0.25, -0.2) is 4.99 Å². The topological polar surface area (TPSA) is 55.7 Å². The van der Waals surface area contributed by atoms with Crippen LogP contribution in [0.25, 0.3) is 0 Å². The van der Waals surface area contributed by atoms with Crippen LogP contribution in [0.2, 0.25) is 10.0 Å². The maximum Gasteiger partial charge on any atom is 0.203 e. The van der Waals surface area contributed by atoms with Crippen LogP contribution >= 0.6 is 23.2 Å². The average molecular weight is 410 g/mol. The lowest BCUT2D eigenvalue weighted by molar-refractivity contribution is 0.324. The predicted molar refractivity (Wildman–Crippen MR) is 112 cm³/mol. The van der Waals surface area contributed by atoms with E-state index in [9.17, 15) is 0 Å². The van der Waals surface area contributed by atoms with Gasteiger partial charge in [-0.05, 0) is 24.3 Å². The highest BCUT2D eigenvalue weighted by Gasteiger charge is 2.12. The zero-order valence-corrected chi connectivity index (χ0v) is 17.3. The summed E-state index contributed by atoms with van der Waals surface area (Å²) in [4.78, 5) is 10.5. The lowest BCUT2D eigenvalue weighted by Crippen LogP contribution is -2.07. The molecule has 0 amide bonds. The molecule has 8 heteroatoms. The first-order chi connectivity index (χ1) is 12.9. The molecule has 0 aromatic heterocycles. The fraction of sp³-hybridized carbons (Fsp3) is 0.263. The molecular weight excluding hydrogens is 389 g/mol. The van der Waals surface area contributed by atoms with Crippen molar-refractivity contribution in [3.05, 3.63) is 39.9 Å². The summed E-state index contributed by atoms with van der Waals surface area (Å²) in [6.07, 6.45) is 3.29. The number of benzene rings is 2. The van der Waals surface area contributed by atoms with Crippen LogP contribution in [0, 0.1) is 0 Å². The van der Waals surface area contributed by atoms with Crippen LogP contribution in [0.4, 0.5) is 11.4 Å². The lowest BCUT2D eigenvalue weighted by Gasteiger charge is -2.12. The highest BCUT2D eigenvalue weighted by molar-refractivity contribution is 6.39. The van der Waals surface area contributed by atoms with Gasteiger partial charge in [0.15, 0.2) is 11.5 Å². The predicted octanol–water partition coefficient (Wildman–Crippen LogP) is 4.99. The molecule has 2 rings (SSSR count). The van der Waals surface area contributed by atoms with Gasteiger partial charge in [0.25, 0.3) is 0 Å². The number of halogens is 2. The molecule has 2 aromatic rings. The second-order valence-corrected chi connectivity index (χ2v) is 6.50. The van der Waals surface area contributed by atoms with Crippen molar-refractivity contribution in [1.29, 1.82) is 0 Å². The van der Waals surface area contributed by atoms with Crippen molar-refractivity contribution in [2.45, 2.75) is 0 Å². The first-order valence-electron chi connectivity index (χ1n) is 7.93. The van der Waals surface area contributed by atoms with Gasteiger partial charge >= 0.3 is 0 Å². The van der Waals surface area contributed by atoms with Gasteiger partial charge in [0.1, 0.15) is 5.69 Å². The molecule has 0 aliphatic heterocycles. The third-order valence-corrected chi connectivity index (χ3v) is 4.05. The standard InChI is InChI=1S/C19H21Cl2N3O3/c1-24(2)11-23-18-14(20)8-13(9-15(18)21)22-10-12-6-16(25-3)19(27-5)17(7-12)26-4/h6-11H,1-5H3. The van der Waals surface area contributed by atoms with E-state index in [1.165, 1.54) is 0 Å². The van der Waals surface area contributed by atoms with Crippen molar-refractivity contribution in [3.8, 4) is 17.2 Å². The second-order valence-electron chi connectivity index (χ2n) is 5.68. The van der Waals surface area contributed by atoms with E-state index in [1.807, 2.05) is 14.1 Å². The Bertz CT molecular complexity index is 819. The molecule has 0 saturated carbocycles. The third-order valence-electron chi connectivity index (χ3n) is 3.47. The Morgan fingerprint density at radius 2 is 1.41 bits per heavy atom. The van der Waals surface area contributed by atoms with Gasteiger partial charge in [-0.15, -0.1) is 0 Å². The van der Waals surface area contributed by atoms with Gasteiger partial charge in [-0.3, -0.25) is 4.99 Å². The summed E-state index contributed by atoms with van der Waals surface area (Å²) in [7, 11) is 8.40. The first kappa shape index (κ1) is 20.9. The van der Waals surface area contributed by atoms with E-state index in [0.29, 0.717) is 38.7 Å². The molecule has 0 bridgehead atoms. The van der Waals surface area contributed by atoms with Gasteiger partial charge in [-0.1, -0.05) is 23.2 Å². The Hall–Kier alpha value is -2.44. The van der Waals surface area contributed by atoms with Crippen LogP contribution in [-0.2, 0) is 0 Å². The molecule has 0 N–H and O–H groups in total. The van der Waals surface area contributed by atoms with Crippen molar-refractivity contribution < 1.29 is 14.2 Å². The fourth-order valence-electron chi connectivity index (χ4n) is 2.25. The Morgan fingerprint density at radius 3 is 1.85 bits per heavy atom. The average Bonchev–Trinajstić information content (AvgIpc) is 2.64. The van der Waals surface area contributed by atoms with Crippen molar-refractivity contribution in [3.63, 3.8) is 0 Å². The Morgan fingerprint density at radius 1 is 0.852 bits per heavy atom. The highest BCUT2D eigenvalue weighted by Crippen LogP contribution is 2.39. The normalized spacial score (nSPS) is 11.2. The van der Waals surface area contributed by atoms with E-state index in [-0.39, 0.29) is 0 Å². The Labute approximate surface area is 169 Å². The van der Waals surface area contributed by atoms with E-state index >= 15 is 0 Å². The molecule has 0 fully saturated rings. The number of nitrogens with zero attached hydrogens (tertiary/aromatic N) is 3. The van der Waals surface area contributed by atoms with Crippen molar-refractivity contribution in [2.24, 2.45) is 9.98 Å². The Balaban J connectivity index is 2.36. The zero-order chi connectivity index (χ0) is 20.0. The van der Waals surface area contributed by atoms with Crippen molar-refractivity contribution in [2.75, 3.05) is 35.4 Å². The largest absolute Gasteiger partial charge is 0.493 e. The summed E-state index contributed by atoms with van der Waals surface area (Å²) in [6, 6.07) is 6.99. The summed E-state index contributed by atoms with van der Waals surface area (Å²) in [6.45, 7) is 0. The molecule has 2 aromatic carbocycles. The molecule has 0 atom stereocenters. The van der Waals surface area contributed by atoms with E-state index in [0.717, 1.165) is 5.56 Å². The van der Waals surface area contributed by atoms with Gasteiger partial charge in [0.2, 0.25) is 5.75 Å². The minimum Gasteiger partial charge on any atom is -0.493 e. The molecule has 0 heterocycles. The van der Waals surface area contributed by atoms with Crippen molar-refractivity contribution in [1.82, 2.24) is 4.90 Å². The maximum atomic E-state index is 6.29. The van der Waals surface area contributed by atoms with Crippen LogP contribution in [0.1, 0.15) is 5.56 Å². The fourth-order valence-corrected chi connectivity index (χ4v) is 2.82. The van der Waals surface area contributed by atoms with E-state index < -0.39 is 0 Å². The van der Waals surface area contributed by atoms with E-state index in [2.05, 4.69) is 9.98 Å². The van der Waals surface area contributed by atoms with Gasteiger partial charge in [0.05, 0.1) is 43.4 Å². The van der Waals surface area contributed by atoms with Crippen molar-refractivity contribution >= 4 is 47.1 Å². The molecule has 0 radical (unpaired) electrons.